The van der Waals surface area contributed by atoms with Crippen LogP contribution in [0.5, 0.6) is 11.5 Å². The Kier molecular flexibility index (Phi) is 5.15. The van der Waals surface area contributed by atoms with Crippen molar-refractivity contribution >= 4 is 22.9 Å². The van der Waals surface area contributed by atoms with E-state index < -0.39 is 0 Å². The SMILES string of the molecule is CN(CC(=O)Nc1ccc2c(c1)OCCCO2)Cc1ccsc1. The maximum absolute atomic E-state index is 12.2. The molecule has 1 aromatic heterocycles. The van der Waals surface area contributed by atoms with Gasteiger partial charge in [0.25, 0.3) is 0 Å². The highest BCUT2D eigenvalue weighted by atomic mass is 32.1. The fourth-order valence-corrected chi connectivity index (χ4v) is 3.10. The minimum absolute atomic E-state index is 0.0442. The van der Waals surface area contributed by atoms with E-state index in [1.807, 2.05) is 35.5 Å². The van der Waals surface area contributed by atoms with Gasteiger partial charge in [0.15, 0.2) is 11.5 Å². The van der Waals surface area contributed by atoms with Gasteiger partial charge in [-0.2, -0.15) is 11.3 Å². The number of nitrogens with zero attached hydrogens (tertiary/aromatic N) is 1. The maximum Gasteiger partial charge on any atom is 0.238 e. The molecule has 1 aliphatic heterocycles. The van der Waals surface area contributed by atoms with Crippen LogP contribution in [0.2, 0.25) is 0 Å². The summed E-state index contributed by atoms with van der Waals surface area (Å²) >= 11 is 1.66. The molecule has 0 fully saturated rings. The maximum atomic E-state index is 12.2. The second-order valence-corrected chi connectivity index (χ2v) is 6.34. The lowest BCUT2D eigenvalue weighted by atomic mass is 10.2. The molecule has 2 aromatic rings. The van der Waals surface area contributed by atoms with Gasteiger partial charge in [0, 0.05) is 24.7 Å². The summed E-state index contributed by atoms with van der Waals surface area (Å²) in [5.74, 6) is 1.37. The van der Waals surface area contributed by atoms with Crippen LogP contribution in [0.25, 0.3) is 0 Å². The molecule has 1 aromatic carbocycles. The minimum Gasteiger partial charge on any atom is -0.490 e. The molecule has 2 heterocycles. The van der Waals surface area contributed by atoms with Gasteiger partial charge in [0.1, 0.15) is 0 Å². The summed E-state index contributed by atoms with van der Waals surface area (Å²) in [6, 6.07) is 7.57. The number of fused-ring (bicyclic) bond motifs is 1. The van der Waals surface area contributed by atoms with Crippen LogP contribution in [0.3, 0.4) is 0 Å². The Morgan fingerprint density at radius 2 is 2.09 bits per heavy atom. The largest absolute Gasteiger partial charge is 0.490 e. The Morgan fingerprint density at radius 3 is 2.87 bits per heavy atom. The van der Waals surface area contributed by atoms with Crippen molar-refractivity contribution in [3.63, 3.8) is 0 Å². The quantitative estimate of drug-likeness (QED) is 0.914. The van der Waals surface area contributed by atoms with Gasteiger partial charge in [0.2, 0.25) is 5.91 Å². The standard InChI is InChI=1S/C17H20N2O3S/c1-19(10-13-5-8-23-12-13)11-17(20)18-14-3-4-15-16(9-14)22-7-2-6-21-15/h3-5,8-9,12H,2,6-7,10-11H2,1H3,(H,18,20). The summed E-state index contributed by atoms with van der Waals surface area (Å²) in [5, 5.41) is 7.05. The van der Waals surface area contributed by atoms with Crippen LogP contribution in [0.15, 0.2) is 35.0 Å². The van der Waals surface area contributed by atoms with Gasteiger partial charge >= 0.3 is 0 Å². The number of thiophene rings is 1. The normalized spacial score (nSPS) is 13.7. The zero-order valence-electron chi connectivity index (χ0n) is 13.1. The van der Waals surface area contributed by atoms with Crippen LogP contribution in [0.4, 0.5) is 5.69 Å². The lowest BCUT2D eigenvalue weighted by Gasteiger charge is -2.16. The third-order valence-corrected chi connectivity index (χ3v) is 4.21. The molecule has 23 heavy (non-hydrogen) atoms. The summed E-state index contributed by atoms with van der Waals surface area (Å²) in [4.78, 5) is 14.2. The zero-order chi connectivity index (χ0) is 16.1. The highest BCUT2D eigenvalue weighted by molar-refractivity contribution is 7.07. The van der Waals surface area contributed by atoms with Crippen LogP contribution < -0.4 is 14.8 Å². The van der Waals surface area contributed by atoms with Crippen molar-refractivity contribution in [3.05, 3.63) is 40.6 Å². The first-order valence-electron chi connectivity index (χ1n) is 7.60. The van der Waals surface area contributed by atoms with Gasteiger partial charge in [-0.1, -0.05) is 0 Å². The first kappa shape index (κ1) is 15.8. The van der Waals surface area contributed by atoms with E-state index in [0.29, 0.717) is 25.5 Å². The van der Waals surface area contributed by atoms with E-state index in [1.165, 1.54) is 5.56 Å². The van der Waals surface area contributed by atoms with E-state index in [-0.39, 0.29) is 5.91 Å². The first-order chi connectivity index (χ1) is 11.2. The molecule has 0 aliphatic carbocycles. The average molecular weight is 332 g/mol. The van der Waals surface area contributed by atoms with Gasteiger partial charge in [-0.05, 0) is 41.6 Å². The minimum atomic E-state index is -0.0442. The molecule has 0 bridgehead atoms. The molecule has 0 atom stereocenters. The van der Waals surface area contributed by atoms with Crippen molar-refractivity contribution in [2.24, 2.45) is 0 Å². The lowest BCUT2D eigenvalue weighted by Crippen LogP contribution is -2.29. The molecule has 0 saturated heterocycles. The molecule has 0 spiro atoms. The van der Waals surface area contributed by atoms with Crippen molar-refractivity contribution in [1.82, 2.24) is 4.90 Å². The predicted molar refractivity (Wildman–Crippen MR) is 91.3 cm³/mol. The fraction of sp³-hybridized carbons (Fsp3) is 0.353. The predicted octanol–water partition coefficient (Wildman–Crippen LogP) is 2.98. The molecular formula is C17H20N2O3S. The summed E-state index contributed by atoms with van der Waals surface area (Å²) in [6.07, 6.45) is 0.865. The van der Waals surface area contributed by atoms with E-state index in [0.717, 1.165) is 24.4 Å². The number of hydrogen-bond donors (Lipinski definition) is 1. The van der Waals surface area contributed by atoms with E-state index in [9.17, 15) is 4.79 Å². The third kappa shape index (κ3) is 4.46. The van der Waals surface area contributed by atoms with Crippen LogP contribution >= 0.6 is 11.3 Å². The zero-order valence-corrected chi connectivity index (χ0v) is 13.9. The van der Waals surface area contributed by atoms with Crippen LogP contribution in [-0.4, -0.2) is 37.6 Å². The lowest BCUT2D eigenvalue weighted by molar-refractivity contribution is -0.117. The summed E-state index contributed by atoms with van der Waals surface area (Å²) in [7, 11) is 1.94. The number of ether oxygens (including phenoxy) is 2. The summed E-state index contributed by atoms with van der Waals surface area (Å²) in [6.45, 7) is 2.39. The van der Waals surface area contributed by atoms with Crippen molar-refractivity contribution in [3.8, 4) is 11.5 Å². The van der Waals surface area contributed by atoms with Crippen molar-refractivity contribution < 1.29 is 14.3 Å². The van der Waals surface area contributed by atoms with E-state index in [1.54, 1.807) is 11.3 Å². The highest BCUT2D eigenvalue weighted by Crippen LogP contribution is 2.32. The first-order valence-corrected chi connectivity index (χ1v) is 8.54. The van der Waals surface area contributed by atoms with Gasteiger partial charge in [-0.3, -0.25) is 9.69 Å². The molecule has 1 N–H and O–H groups in total. The summed E-state index contributed by atoms with van der Waals surface area (Å²) in [5.41, 5.74) is 1.95. The average Bonchev–Trinajstić information content (AvgIpc) is 2.90. The number of nitrogens with one attached hydrogen (secondary N) is 1. The summed E-state index contributed by atoms with van der Waals surface area (Å²) < 4.78 is 11.2. The number of benzene rings is 1. The molecule has 1 amide bonds. The fourth-order valence-electron chi connectivity index (χ4n) is 2.44. The van der Waals surface area contributed by atoms with E-state index in [2.05, 4.69) is 16.8 Å². The van der Waals surface area contributed by atoms with Gasteiger partial charge in [-0.15, -0.1) is 0 Å². The molecule has 0 radical (unpaired) electrons. The third-order valence-electron chi connectivity index (χ3n) is 3.48. The number of anilines is 1. The molecular weight excluding hydrogens is 312 g/mol. The number of amides is 1. The number of carbonyl (C=O) groups excluding carboxylic acids is 1. The van der Waals surface area contributed by atoms with Crippen molar-refractivity contribution in [2.45, 2.75) is 13.0 Å². The number of carbonyl (C=O) groups is 1. The van der Waals surface area contributed by atoms with Crippen molar-refractivity contribution in [1.29, 1.82) is 0 Å². The topological polar surface area (TPSA) is 50.8 Å². The van der Waals surface area contributed by atoms with Crippen LogP contribution in [0, 0.1) is 0 Å². The Bertz CT molecular complexity index is 658. The number of rotatable bonds is 5. The van der Waals surface area contributed by atoms with Gasteiger partial charge in [0.05, 0.1) is 19.8 Å². The second kappa shape index (κ2) is 7.48. The Balaban J connectivity index is 1.56. The van der Waals surface area contributed by atoms with E-state index in [4.69, 9.17) is 9.47 Å². The number of hydrogen-bond acceptors (Lipinski definition) is 5. The molecule has 0 saturated carbocycles. The second-order valence-electron chi connectivity index (χ2n) is 5.56. The molecule has 1 aliphatic rings. The van der Waals surface area contributed by atoms with Crippen LogP contribution in [-0.2, 0) is 11.3 Å². The number of likely N-dealkylation sites (N-methyl/N-ethyl adjacent to an activating group) is 1. The molecule has 122 valence electrons. The van der Waals surface area contributed by atoms with Gasteiger partial charge in [-0.25, -0.2) is 0 Å². The van der Waals surface area contributed by atoms with Crippen molar-refractivity contribution in [2.75, 3.05) is 32.1 Å². The van der Waals surface area contributed by atoms with Gasteiger partial charge < -0.3 is 14.8 Å². The molecule has 3 rings (SSSR count). The molecule has 5 nitrogen and oxygen atoms in total. The van der Waals surface area contributed by atoms with E-state index >= 15 is 0 Å². The monoisotopic (exact) mass is 332 g/mol. The Labute approximate surface area is 139 Å². The molecule has 0 unspecified atom stereocenters. The Morgan fingerprint density at radius 1 is 1.26 bits per heavy atom. The smallest absolute Gasteiger partial charge is 0.238 e. The highest BCUT2D eigenvalue weighted by Gasteiger charge is 2.13. The van der Waals surface area contributed by atoms with Crippen LogP contribution in [0.1, 0.15) is 12.0 Å². The molecule has 6 heteroatoms. The Hall–Kier alpha value is -2.05.